The van der Waals surface area contributed by atoms with E-state index in [1.54, 1.807) is 0 Å². The maximum Gasteiger partial charge on any atom is 0.255 e. The standard InChI is InChI=1S/C23H27N3O2/c1-16-13-17(2)15-20(14-16)24-22(27)18-5-7-21(8-6-18)25-9-11-26(12-10-25)23(28)19-3-4-19/h5-8,13-15,19H,3-4,9-12H2,1-2H3,(H,24,27). The number of aryl methyl sites for hydroxylation is 2. The number of carbonyl (C=O) groups is 2. The second-order valence-electron chi connectivity index (χ2n) is 7.96. The first-order chi connectivity index (χ1) is 13.5. The second kappa shape index (κ2) is 7.66. The van der Waals surface area contributed by atoms with Gasteiger partial charge in [-0.2, -0.15) is 0 Å². The second-order valence-corrected chi connectivity index (χ2v) is 7.96. The summed E-state index contributed by atoms with van der Waals surface area (Å²) in [6.07, 6.45) is 2.12. The van der Waals surface area contributed by atoms with Gasteiger partial charge in [-0.15, -0.1) is 0 Å². The Morgan fingerprint density at radius 2 is 1.50 bits per heavy atom. The Hall–Kier alpha value is -2.82. The molecule has 1 aliphatic heterocycles. The van der Waals surface area contributed by atoms with Crippen LogP contribution in [-0.4, -0.2) is 42.9 Å². The number of hydrogen-bond acceptors (Lipinski definition) is 3. The first-order valence-electron chi connectivity index (χ1n) is 10.0. The van der Waals surface area contributed by atoms with Crippen molar-refractivity contribution < 1.29 is 9.59 Å². The van der Waals surface area contributed by atoms with Crippen LogP contribution >= 0.6 is 0 Å². The third-order valence-corrected chi connectivity index (χ3v) is 5.49. The Morgan fingerprint density at radius 3 is 2.07 bits per heavy atom. The normalized spacial score (nSPS) is 16.8. The number of hydrogen-bond donors (Lipinski definition) is 1. The van der Waals surface area contributed by atoms with Crippen LogP contribution in [0, 0.1) is 19.8 Å². The van der Waals surface area contributed by atoms with Crippen molar-refractivity contribution in [3.8, 4) is 0 Å². The Bertz CT molecular complexity index is 859. The van der Waals surface area contributed by atoms with Crippen molar-refractivity contribution >= 4 is 23.2 Å². The Kier molecular flexibility index (Phi) is 5.07. The van der Waals surface area contributed by atoms with Gasteiger partial charge in [-0.05, 0) is 74.2 Å². The number of anilines is 2. The predicted octanol–water partition coefficient (Wildman–Crippen LogP) is 3.61. The zero-order chi connectivity index (χ0) is 19.7. The molecule has 5 nitrogen and oxygen atoms in total. The molecule has 28 heavy (non-hydrogen) atoms. The fraction of sp³-hybridized carbons (Fsp3) is 0.391. The van der Waals surface area contributed by atoms with Gasteiger partial charge in [-0.3, -0.25) is 9.59 Å². The molecular weight excluding hydrogens is 350 g/mol. The number of carbonyl (C=O) groups excluding carboxylic acids is 2. The van der Waals surface area contributed by atoms with Gasteiger partial charge >= 0.3 is 0 Å². The van der Waals surface area contributed by atoms with Crippen LogP contribution in [0.5, 0.6) is 0 Å². The minimum absolute atomic E-state index is 0.101. The number of piperazine rings is 1. The molecule has 2 aromatic carbocycles. The van der Waals surface area contributed by atoms with E-state index >= 15 is 0 Å². The van der Waals surface area contributed by atoms with Crippen molar-refractivity contribution in [3.05, 3.63) is 59.2 Å². The minimum atomic E-state index is -0.101. The van der Waals surface area contributed by atoms with Gasteiger partial charge in [0.05, 0.1) is 0 Å². The molecule has 2 amide bonds. The average molecular weight is 377 g/mol. The molecule has 1 saturated heterocycles. The predicted molar refractivity (Wildman–Crippen MR) is 112 cm³/mol. The van der Waals surface area contributed by atoms with Gasteiger partial charge in [-0.25, -0.2) is 0 Å². The zero-order valence-electron chi connectivity index (χ0n) is 16.6. The molecule has 0 bridgehead atoms. The largest absolute Gasteiger partial charge is 0.368 e. The molecule has 1 N–H and O–H groups in total. The molecule has 0 spiro atoms. The fourth-order valence-corrected chi connectivity index (χ4v) is 3.85. The van der Waals surface area contributed by atoms with E-state index in [2.05, 4.69) is 16.3 Å². The zero-order valence-corrected chi connectivity index (χ0v) is 16.6. The molecular formula is C23H27N3O2. The Morgan fingerprint density at radius 1 is 0.893 bits per heavy atom. The molecule has 1 saturated carbocycles. The molecule has 2 aliphatic rings. The van der Waals surface area contributed by atoms with Gasteiger partial charge in [0.1, 0.15) is 0 Å². The highest BCUT2D eigenvalue weighted by Crippen LogP contribution is 2.31. The summed E-state index contributed by atoms with van der Waals surface area (Å²) in [7, 11) is 0. The van der Waals surface area contributed by atoms with E-state index in [0.29, 0.717) is 17.4 Å². The molecule has 1 heterocycles. The SMILES string of the molecule is Cc1cc(C)cc(NC(=O)c2ccc(N3CCN(C(=O)C4CC4)CC3)cc2)c1. The van der Waals surface area contributed by atoms with Crippen molar-refractivity contribution in [2.75, 3.05) is 36.4 Å². The van der Waals surface area contributed by atoms with E-state index in [0.717, 1.165) is 61.5 Å². The van der Waals surface area contributed by atoms with Crippen molar-refractivity contribution in [3.63, 3.8) is 0 Å². The molecule has 5 heteroatoms. The summed E-state index contributed by atoms with van der Waals surface area (Å²) in [5, 5.41) is 2.98. The average Bonchev–Trinajstić information content (AvgIpc) is 3.52. The number of nitrogens with one attached hydrogen (secondary N) is 1. The van der Waals surface area contributed by atoms with Gasteiger partial charge in [0.15, 0.2) is 0 Å². The number of nitrogens with zero attached hydrogens (tertiary/aromatic N) is 2. The van der Waals surface area contributed by atoms with Crippen molar-refractivity contribution in [1.82, 2.24) is 4.90 Å². The summed E-state index contributed by atoms with van der Waals surface area (Å²) >= 11 is 0. The van der Waals surface area contributed by atoms with E-state index in [1.807, 2.05) is 55.1 Å². The van der Waals surface area contributed by atoms with Crippen molar-refractivity contribution in [1.29, 1.82) is 0 Å². The van der Waals surface area contributed by atoms with E-state index in [9.17, 15) is 9.59 Å². The molecule has 0 radical (unpaired) electrons. The minimum Gasteiger partial charge on any atom is -0.368 e. The van der Waals surface area contributed by atoms with E-state index in [-0.39, 0.29) is 5.91 Å². The summed E-state index contributed by atoms with van der Waals surface area (Å²) in [6, 6.07) is 13.8. The monoisotopic (exact) mass is 377 g/mol. The lowest BCUT2D eigenvalue weighted by Gasteiger charge is -2.36. The van der Waals surface area contributed by atoms with Gasteiger partial charge in [0, 0.05) is 49.0 Å². The van der Waals surface area contributed by atoms with E-state index in [4.69, 9.17) is 0 Å². The van der Waals surface area contributed by atoms with Crippen LogP contribution in [-0.2, 0) is 4.79 Å². The molecule has 146 valence electrons. The van der Waals surface area contributed by atoms with E-state index < -0.39 is 0 Å². The van der Waals surface area contributed by atoms with Gasteiger partial charge in [-0.1, -0.05) is 6.07 Å². The maximum atomic E-state index is 12.5. The summed E-state index contributed by atoms with van der Waals surface area (Å²) < 4.78 is 0. The third kappa shape index (κ3) is 4.19. The van der Waals surface area contributed by atoms with Crippen LogP contribution in [0.3, 0.4) is 0 Å². The lowest BCUT2D eigenvalue weighted by atomic mass is 10.1. The highest BCUT2D eigenvalue weighted by molar-refractivity contribution is 6.04. The first kappa shape index (κ1) is 18.5. The quantitative estimate of drug-likeness (QED) is 0.886. The highest BCUT2D eigenvalue weighted by Gasteiger charge is 2.34. The smallest absolute Gasteiger partial charge is 0.255 e. The fourth-order valence-electron chi connectivity index (χ4n) is 3.85. The molecule has 0 unspecified atom stereocenters. The molecule has 4 rings (SSSR count). The maximum absolute atomic E-state index is 12.5. The third-order valence-electron chi connectivity index (χ3n) is 5.49. The molecule has 0 atom stereocenters. The lowest BCUT2D eigenvalue weighted by molar-refractivity contribution is -0.132. The summed E-state index contributed by atoms with van der Waals surface area (Å²) in [5.41, 5.74) is 4.82. The topological polar surface area (TPSA) is 52.7 Å². The lowest BCUT2D eigenvalue weighted by Crippen LogP contribution is -2.49. The van der Waals surface area contributed by atoms with Crippen LogP contribution in [0.4, 0.5) is 11.4 Å². The molecule has 1 aliphatic carbocycles. The van der Waals surface area contributed by atoms with Crippen LogP contribution in [0.2, 0.25) is 0 Å². The van der Waals surface area contributed by atoms with Crippen LogP contribution in [0.25, 0.3) is 0 Å². The summed E-state index contributed by atoms with van der Waals surface area (Å²) in [6.45, 7) is 7.29. The Labute approximate surface area is 166 Å². The van der Waals surface area contributed by atoms with Crippen LogP contribution in [0.1, 0.15) is 34.3 Å². The number of amides is 2. The molecule has 2 aromatic rings. The first-order valence-corrected chi connectivity index (χ1v) is 10.0. The Balaban J connectivity index is 1.35. The van der Waals surface area contributed by atoms with Gasteiger partial charge in [0.25, 0.3) is 5.91 Å². The number of rotatable bonds is 4. The van der Waals surface area contributed by atoms with Gasteiger partial charge in [0.2, 0.25) is 5.91 Å². The number of benzene rings is 2. The summed E-state index contributed by atoms with van der Waals surface area (Å²) in [4.78, 5) is 29.0. The molecule has 0 aromatic heterocycles. The van der Waals surface area contributed by atoms with Crippen LogP contribution < -0.4 is 10.2 Å². The highest BCUT2D eigenvalue weighted by atomic mass is 16.2. The van der Waals surface area contributed by atoms with Gasteiger partial charge < -0.3 is 15.1 Å². The van der Waals surface area contributed by atoms with Crippen LogP contribution in [0.15, 0.2) is 42.5 Å². The molecule has 2 fully saturated rings. The van der Waals surface area contributed by atoms with E-state index in [1.165, 1.54) is 0 Å². The van der Waals surface area contributed by atoms with Crippen molar-refractivity contribution in [2.24, 2.45) is 5.92 Å². The summed E-state index contributed by atoms with van der Waals surface area (Å²) in [5.74, 6) is 0.524. The van der Waals surface area contributed by atoms with Crippen molar-refractivity contribution in [2.45, 2.75) is 26.7 Å².